The van der Waals surface area contributed by atoms with Crippen molar-refractivity contribution in [2.45, 2.75) is 46.6 Å². The Labute approximate surface area is 133 Å². The molecule has 0 heterocycles. The molecule has 1 amide bonds. The van der Waals surface area contributed by atoms with Crippen LogP contribution in [0.3, 0.4) is 0 Å². The van der Waals surface area contributed by atoms with Crippen LogP contribution in [0.1, 0.15) is 40.2 Å². The van der Waals surface area contributed by atoms with Crippen molar-refractivity contribution in [2.24, 2.45) is 5.41 Å². The number of rotatable bonds is 4. The summed E-state index contributed by atoms with van der Waals surface area (Å²) in [5.74, 6) is -3.47. The Balaban J connectivity index is 3.05. The molecule has 0 atom stereocenters. The van der Waals surface area contributed by atoms with E-state index in [0.717, 1.165) is 6.07 Å². The number of hydrogen-bond acceptors (Lipinski definition) is 3. The Morgan fingerprint density at radius 3 is 2.22 bits per heavy atom. The first kappa shape index (κ1) is 18.9. The van der Waals surface area contributed by atoms with Gasteiger partial charge in [0.25, 0.3) is 0 Å². The molecule has 1 aromatic rings. The molecule has 0 radical (unpaired) electrons. The van der Waals surface area contributed by atoms with Gasteiger partial charge < -0.3 is 9.84 Å². The van der Waals surface area contributed by atoms with Gasteiger partial charge in [0.1, 0.15) is 5.60 Å². The smallest absolute Gasteiger partial charge is 0.412 e. The van der Waals surface area contributed by atoms with Crippen LogP contribution in [-0.4, -0.2) is 22.8 Å². The van der Waals surface area contributed by atoms with Gasteiger partial charge in [-0.05, 0) is 58.7 Å². The molecular weight excluding hydrogens is 308 g/mol. The van der Waals surface area contributed by atoms with E-state index in [0.29, 0.717) is 0 Å². The first-order chi connectivity index (χ1) is 10.3. The summed E-state index contributed by atoms with van der Waals surface area (Å²) in [5, 5.41) is 11.3. The molecule has 0 aliphatic carbocycles. The highest BCUT2D eigenvalue weighted by molar-refractivity contribution is 5.85. The van der Waals surface area contributed by atoms with Crippen LogP contribution >= 0.6 is 0 Å². The number of hydrogen-bond donors (Lipinski definition) is 2. The molecule has 0 saturated carbocycles. The third-order valence-corrected chi connectivity index (χ3v) is 2.95. The van der Waals surface area contributed by atoms with Gasteiger partial charge in [-0.3, -0.25) is 10.1 Å². The van der Waals surface area contributed by atoms with Crippen LogP contribution in [0.2, 0.25) is 0 Å². The molecule has 0 saturated heterocycles. The Morgan fingerprint density at radius 1 is 1.17 bits per heavy atom. The summed E-state index contributed by atoms with van der Waals surface area (Å²) in [6.45, 7) is 7.84. The van der Waals surface area contributed by atoms with E-state index in [9.17, 15) is 18.4 Å². The summed E-state index contributed by atoms with van der Waals surface area (Å²) in [5.41, 5.74) is -2.09. The highest BCUT2D eigenvalue weighted by atomic mass is 19.2. The van der Waals surface area contributed by atoms with Crippen molar-refractivity contribution in [3.05, 3.63) is 29.3 Å². The van der Waals surface area contributed by atoms with E-state index in [4.69, 9.17) is 9.84 Å². The van der Waals surface area contributed by atoms with Crippen LogP contribution in [0, 0.1) is 17.0 Å². The zero-order chi connectivity index (χ0) is 18.0. The fourth-order valence-corrected chi connectivity index (χ4v) is 1.84. The molecule has 1 aromatic carbocycles. The van der Waals surface area contributed by atoms with Gasteiger partial charge in [-0.2, -0.15) is 0 Å². The lowest BCUT2D eigenvalue weighted by atomic mass is 9.86. The van der Waals surface area contributed by atoms with E-state index >= 15 is 0 Å². The number of amides is 1. The van der Waals surface area contributed by atoms with Gasteiger partial charge in [0, 0.05) is 0 Å². The SMILES string of the molecule is CC(C)(C)OC(=O)Nc1cc(CC(C)(C)C(=O)O)cc(F)c1F. The molecular formula is C16H21F2NO4. The second kappa shape index (κ2) is 6.52. The molecule has 1 rings (SSSR count). The lowest BCUT2D eigenvalue weighted by Crippen LogP contribution is -2.28. The minimum absolute atomic E-state index is 0.0253. The van der Waals surface area contributed by atoms with Gasteiger partial charge >= 0.3 is 12.1 Å². The molecule has 2 N–H and O–H groups in total. The van der Waals surface area contributed by atoms with Crippen molar-refractivity contribution in [1.29, 1.82) is 0 Å². The third-order valence-electron chi connectivity index (χ3n) is 2.95. The van der Waals surface area contributed by atoms with E-state index < -0.39 is 40.4 Å². The van der Waals surface area contributed by atoms with Crippen molar-refractivity contribution in [2.75, 3.05) is 5.32 Å². The van der Waals surface area contributed by atoms with Crippen LogP contribution in [0.15, 0.2) is 12.1 Å². The van der Waals surface area contributed by atoms with Gasteiger partial charge in [-0.1, -0.05) is 0 Å². The molecule has 0 unspecified atom stereocenters. The number of aliphatic carboxylic acids is 1. The standard InChI is InChI=1S/C16H21F2NO4/c1-15(2,3)23-14(22)19-11-7-9(6-10(17)12(11)18)8-16(4,5)13(20)21/h6-7H,8H2,1-5H3,(H,19,22)(H,20,21). The number of benzene rings is 1. The van der Waals surface area contributed by atoms with Gasteiger partial charge in [0.15, 0.2) is 11.6 Å². The average molecular weight is 329 g/mol. The maximum Gasteiger partial charge on any atom is 0.412 e. The van der Waals surface area contributed by atoms with Crippen LogP contribution in [-0.2, 0) is 16.0 Å². The average Bonchev–Trinajstić information content (AvgIpc) is 2.32. The largest absolute Gasteiger partial charge is 0.481 e. The van der Waals surface area contributed by atoms with Gasteiger partial charge in [-0.15, -0.1) is 0 Å². The molecule has 0 aromatic heterocycles. The monoisotopic (exact) mass is 329 g/mol. The van der Waals surface area contributed by atoms with Crippen LogP contribution in [0.4, 0.5) is 19.3 Å². The number of halogens is 2. The molecule has 0 spiro atoms. The molecule has 128 valence electrons. The van der Waals surface area contributed by atoms with E-state index in [-0.39, 0.29) is 12.0 Å². The zero-order valence-corrected chi connectivity index (χ0v) is 13.8. The normalized spacial score (nSPS) is 12.0. The summed E-state index contributed by atoms with van der Waals surface area (Å²) in [4.78, 5) is 22.8. The number of carboxylic acid groups (broad SMARTS) is 1. The van der Waals surface area contributed by atoms with Crippen molar-refractivity contribution in [1.82, 2.24) is 0 Å². The molecule has 0 aliphatic rings. The van der Waals surface area contributed by atoms with E-state index in [1.807, 2.05) is 0 Å². The van der Waals surface area contributed by atoms with E-state index in [2.05, 4.69) is 5.32 Å². The lowest BCUT2D eigenvalue weighted by molar-refractivity contribution is -0.146. The van der Waals surface area contributed by atoms with Crippen LogP contribution in [0.25, 0.3) is 0 Å². The number of anilines is 1. The van der Waals surface area contributed by atoms with E-state index in [1.165, 1.54) is 19.9 Å². The van der Waals surface area contributed by atoms with E-state index in [1.54, 1.807) is 20.8 Å². The highest BCUT2D eigenvalue weighted by Crippen LogP contribution is 2.27. The minimum atomic E-state index is -1.23. The molecule has 0 fully saturated rings. The minimum Gasteiger partial charge on any atom is -0.481 e. The summed E-state index contributed by atoms with van der Waals surface area (Å²) in [6.07, 6.45) is -0.951. The highest BCUT2D eigenvalue weighted by Gasteiger charge is 2.28. The Morgan fingerprint density at radius 2 is 1.74 bits per heavy atom. The fourth-order valence-electron chi connectivity index (χ4n) is 1.84. The quantitative estimate of drug-likeness (QED) is 0.876. The van der Waals surface area contributed by atoms with Crippen LogP contribution < -0.4 is 5.32 Å². The number of nitrogens with one attached hydrogen (secondary N) is 1. The third kappa shape index (κ3) is 5.50. The summed E-state index contributed by atoms with van der Waals surface area (Å²) in [7, 11) is 0. The molecule has 5 nitrogen and oxygen atoms in total. The Hall–Kier alpha value is -2.18. The second-order valence-electron chi connectivity index (χ2n) is 6.93. The Bertz CT molecular complexity index is 621. The van der Waals surface area contributed by atoms with Crippen molar-refractivity contribution in [3.8, 4) is 0 Å². The van der Waals surface area contributed by atoms with Crippen molar-refractivity contribution in [3.63, 3.8) is 0 Å². The molecule has 0 aliphatic heterocycles. The summed E-state index contributed by atoms with van der Waals surface area (Å²) >= 11 is 0. The molecule has 0 bridgehead atoms. The first-order valence-corrected chi connectivity index (χ1v) is 7.03. The summed E-state index contributed by atoms with van der Waals surface area (Å²) in [6, 6.07) is 2.12. The van der Waals surface area contributed by atoms with Gasteiger partial charge in [-0.25, -0.2) is 13.6 Å². The zero-order valence-electron chi connectivity index (χ0n) is 13.8. The lowest BCUT2D eigenvalue weighted by Gasteiger charge is -2.21. The number of carboxylic acids is 1. The summed E-state index contributed by atoms with van der Waals surface area (Å²) < 4.78 is 32.5. The molecule has 7 heteroatoms. The second-order valence-corrected chi connectivity index (χ2v) is 6.93. The van der Waals surface area contributed by atoms with Crippen molar-refractivity contribution < 1.29 is 28.2 Å². The maximum atomic E-state index is 13.8. The topological polar surface area (TPSA) is 75.6 Å². The van der Waals surface area contributed by atoms with Gasteiger partial charge in [0.05, 0.1) is 11.1 Å². The van der Waals surface area contributed by atoms with Crippen LogP contribution in [0.5, 0.6) is 0 Å². The van der Waals surface area contributed by atoms with Crippen molar-refractivity contribution >= 4 is 17.7 Å². The first-order valence-electron chi connectivity index (χ1n) is 7.03. The fraction of sp³-hybridized carbons (Fsp3) is 0.500. The predicted molar refractivity (Wildman–Crippen MR) is 81.3 cm³/mol. The maximum absolute atomic E-state index is 13.8. The Kier molecular flexibility index (Phi) is 5.35. The van der Waals surface area contributed by atoms with Gasteiger partial charge in [0.2, 0.25) is 0 Å². The number of carbonyl (C=O) groups excluding carboxylic acids is 1. The number of carbonyl (C=O) groups is 2. The predicted octanol–water partition coefficient (Wildman–Crippen LogP) is 3.97. The molecule has 23 heavy (non-hydrogen) atoms. The number of ether oxygens (including phenoxy) is 1.